The molecule has 1 aromatic rings. The van der Waals surface area contributed by atoms with Crippen molar-refractivity contribution in [2.45, 2.75) is 32.0 Å². The van der Waals surface area contributed by atoms with Crippen molar-refractivity contribution in [2.24, 2.45) is 0 Å². The number of piperazine rings is 1. The number of hydrogen-bond donors (Lipinski definition) is 2. The molecule has 2 saturated heterocycles. The lowest BCUT2D eigenvalue weighted by Crippen LogP contribution is -2.52. The molecule has 3 amide bonds. The summed E-state index contributed by atoms with van der Waals surface area (Å²) >= 11 is 0. The van der Waals surface area contributed by atoms with Crippen LogP contribution < -0.4 is 10.6 Å². The number of piperidine rings is 1. The summed E-state index contributed by atoms with van der Waals surface area (Å²) < 4.78 is 0. The van der Waals surface area contributed by atoms with Crippen LogP contribution in [0.2, 0.25) is 0 Å². The molecule has 1 unspecified atom stereocenters. The maximum Gasteiger partial charge on any atom is 0.255 e. The average Bonchev–Trinajstić information content (AvgIpc) is 2.92. The summed E-state index contributed by atoms with van der Waals surface area (Å²) in [5.74, 6) is -0.736. The third-order valence-electron chi connectivity index (χ3n) is 5.20. The molecule has 1 atom stereocenters. The number of benzene rings is 1. The number of halogens is 1. The standard InChI is InChI=1S/C18H22N4O3.ClH/c23-16-4-3-15(17(24)20-16)22-11-13-9-12(1-2-14(13)18(22)25)10-21-7-5-19-6-8-21;/h1-2,9,15,19H,3-8,10-11H2,(H,20,23,24);1H. The van der Waals surface area contributed by atoms with Gasteiger partial charge in [-0.25, -0.2) is 0 Å². The third-order valence-corrected chi connectivity index (χ3v) is 5.20. The van der Waals surface area contributed by atoms with Gasteiger partial charge in [0.1, 0.15) is 6.04 Å². The van der Waals surface area contributed by atoms with E-state index < -0.39 is 6.04 Å². The van der Waals surface area contributed by atoms with Crippen LogP contribution in [-0.4, -0.2) is 59.7 Å². The summed E-state index contributed by atoms with van der Waals surface area (Å²) in [5, 5.41) is 5.68. The van der Waals surface area contributed by atoms with Crippen LogP contribution in [0.15, 0.2) is 18.2 Å². The zero-order valence-corrected chi connectivity index (χ0v) is 15.3. The number of nitrogens with one attached hydrogen (secondary N) is 2. The van der Waals surface area contributed by atoms with E-state index in [2.05, 4.69) is 21.6 Å². The van der Waals surface area contributed by atoms with Gasteiger partial charge >= 0.3 is 0 Å². The van der Waals surface area contributed by atoms with Gasteiger partial charge in [-0.15, -0.1) is 12.4 Å². The topological polar surface area (TPSA) is 81.8 Å². The van der Waals surface area contributed by atoms with Crippen molar-refractivity contribution in [2.75, 3.05) is 26.2 Å². The van der Waals surface area contributed by atoms with Crippen LogP contribution in [0.5, 0.6) is 0 Å². The highest BCUT2D eigenvalue weighted by Gasteiger charge is 2.39. The van der Waals surface area contributed by atoms with Crippen LogP contribution in [0.25, 0.3) is 0 Å². The number of carbonyl (C=O) groups excluding carboxylic acids is 3. The molecule has 1 aromatic carbocycles. The number of imide groups is 1. The van der Waals surface area contributed by atoms with Crippen molar-refractivity contribution in [1.29, 1.82) is 0 Å². The summed E-state index contributed by atoms with van der Waals surface area (Å²) in [5.41, 5.74) is 2.84. The van der Waals surface area contributed by atoms with Crippen molar-refractivity contribution in [3.63, 3.8) is 0 Å². The maximum absolute atomic E-state index is 12.7. The Labute approximate surface area is 158 Å². The molecule has 7 nitrogen and oxygen atoms in total. The molecular formula is C18H23ClN4O3. The molecule has 0 saturated carbocycles. The second-order valence-electron chi connectivity index (χ2n) is 6.92. The number of fused-ring (bicyclic) bond motifs is 1. The Morgan fingerprint density at radius 1 is 1.12 bits per heavy atom. The Bertz CT molecular complexity index is 733. The zero-order chi connectivity index (χ0) is 17.4. The van der Waals surface area contributed by atoms with Gasteiger partial charge in [0.05, 0.1) is 0 Å². The van der Waals surface area contributed by atoms with Crippen LogP contribution >= 0.6 is 12.4 Å². The minimum absolute atomic E-state index is 0. The molecule has 3 aliphatic heterocycles. The van der Waals surface area contributed by atoms with E-state index in [4.69, 9.17) is 0 Å². The van der Waals surface area contributed by atoms with Gasteiger partial charge in [0, 0.05) is 51.3 Å². The smallest absolute Gasteiger partial charge is 0.255 e. The molecule has 2 N–H and O–H groups in total. The second-order valence-corrected chi connectivity index (χ2v) is 6.92. The molecule has 0 spiro atoms. The van der Waals surface area contributed by atoms with Crippen LogP contribution in [-0.2, 0) is 22.7 Å². The van der Waals surface area contributed by atoms with Crippen LogP contribution in [0, 0.1) is 0 Å². The maximum atomic E-state index is 12.7. The molecule has 4 rings (SSSR count). The summed E-state index contributed by atoms with van der Waals surface area (Å²) in [6.07, 6.45) is 0.683. The highest BCUT2D eigenvalue weighted by molar-refractivity contribution is 6.05. The van der Waals surface area contributed by atoms with E-state index in [-0.39, 0.29) is 36.5 Å². The highest BCUT2D eigenvalue weighted by atomic mass is 35.5. The van der Waals surface area contributed by atoms with Crippen molar-refractivity contribution in [1.82, 2.24) is 20.4 Å². The summed E-state index contributed by atoms with van der Waals surface area (Å²) in [6, 6.07) is 5.42. The van der Waals surface area contributed by atoms with Gasteiger partial charge in [-0.05, 0) is 23.6 Å². The van der Waals surface area contributed by atoms with Gasteiger partial charge in [0.2, 0.25) is 11.8 Å². The molecule has 140 valence electrons. The molecule has 3 aliphatic rings. The van der Waals surface area contributed by atoms with Gasteiger partial charge in [-0.2, -0.15) is 0 Å². The quantitative estimate of drug-likeness (QED) is 0.738. The Kier molecular flexibility index (Phi) is 5.60. The molecule has 0 bridgehead atoms. The molecule has 2 fully saturated rings. The monoisotopic (exact) mass is 378 g/mol. The molecule has 0 aliphatic carbocycles. The molecule has 0 aromatic heterocycles. The van der Waals surface area contributed by atoms with Crippen molar-refractivity contribution in [3.8, 4) is 0 Å². The first-order valence-corrected chi connectivity index (χ1v) is 8.81. The van der Waals surface area contributed by atoms with E-state index in [1.807, 2.05) is 12.1 Å². The van der Waals surface area contributed by atoms with E-state index in [9.17, 15) is 14.4 Å². The lowest BCUT2D eigenvalue weighted by Gasteiger charge is -2.29. The second kappa shape index (κ2) is 7.73. The molecule has 3 heterocycles. The van der Waals surface area contributed by atoms with Gasteiger partial charge in [0.15, 0.2) is 0 Å². The van der Waals surface area contributed by atoms with E-state index in [0.29, 0.717) is 18.5 Å². The number of rotatable bonds is 3. The van der Waals surface area contributed by atoms with Crippen molar-refractivity contribution < 1.29 is 14.4 Å². The Morgan fingerprint density at radius 3 is 2.62 bits per heavy atom. The van der Waals surface area contributed by atoms with Gasteiger partial charge in [0.25, 0.3) is 5.91 Å². The normalized spacial score (nSPS) is 23.5. The fourth-order valence-corrected chi connectivity index (χ4v) is 3.85. The van der Waals surface area contributed by atoms with Crippen LogP contribution in [0.3, 0.4) is 0 Å². The fraction of sp³-hybridized carbons (Fsp3) is 0.500. The van der Waals surface area contributed by atoms with Crippen LogP contribution in [0.4, 0.5) is 0 Å². The Hall–Kier alpha value is -1.96. The molecule has 8 heteroatoms. The van der Waals surface area contributed by atoms with Crippen LogP contribution in [0.1, 0.15) is 34.3 Å². The van der Waals surface area contributed by atoms with E-state index in [1.54, 1.807) is 4.90 Å². The lowest BCUT2D eigenvalue weighted by molar-refractivity contribution is -0.136. The van der Waals surface area contributed by atoms with Crippen molar-refractivity contribution in [3.05, 3.63) is 34.9 Å². The minimum Gasteiger partial charge on any atom is -0.322 e. The summed E-state index contributed by atoms with van der Waals surface area (Å²) in [7, 11) is 0. The van der Waals surface area contributed by atoms with Crippen molar-refractivity contribution >= 4 is 30.1 Å². The predicted molar refractivity (Wildman–Crippen MR) is 97.9 cm³/mol. The first kappa shape index (κ1) is 18.8. The largest absolute Gasteiger partial charge is 0.322 e. The Balaban J connectivity index is 0.00000196. The number of amides is 3. The molecule has 26 heavy (non-hydrogen) atoms. The van der Waals surface area contributed by atoms with E-state index in [1.165, 1.54) is 5.56 Å². The number of hydrogen-bond acceptors (Lipinski definition) is 5. The highest BCUT2D eigenvalue weighted by Crippen LogP contribution is 2.28. The van der Waals surface area contributed by atoms with Gasteiger partial charge in [-0.1, -0.05) is 12.1 Å². The molecular weight excluding hydrogens is 356 g/mol. The third kappa shape index (κ3) is 3.60. The van der Waals surface area contributed by atoms with E-state index >= 15 is 0 Å². The summed E-state index contributed by atoms with van der Waals surface area (Å²) in [4.78, 5) is 40.1. The SMILES string of the molecule is Cl.O=C1CCC(N2Cc3cc(CN4CCNCC4)ccc3C2=O)C(=O)N1. The fourth-order valence-electron chi connectivity index (χ4n) is 3.85. The number of nitrogens with zero attached hydrogens (tertiary/aromatic N) is 2. The first-order valence-electron chi connectivity index (χ1n) is 8.81. The predicted octanol–water partition coefficient (Wildman–Crippen LogP) is 0.275. The summed E-state index contributed by atoms with van der Waals surface area (Å²) in [6.45, 7) is 5.38. The minimum atomic E-state index is -0.547. The molecule has 0 radical (unpaired) electrons. The average molecular weight is 379 g/mol. The van der Waals surface area contributed by atoms with Gasteiger partial charge in [-0.3, -0.25) is 24.6 Å². The first-order chi connectivity index (χ1) is 12.1. The Morgan fingerprint density at radius 2 is 1.88 bits per heavy atom. The van der Waals surface area contributed by atoms with E-state index in [0.717, 1.165) is 38.3 Å². The number of carbonyl (C=O) groups is 3. The zero-order valence-electron chi connectivity index (χ0n) is 14.5. The lowest BCUT2D eigenvalue weighted by atomic mass is 10.0. The van der Waals surface area contributed by atoms with Gasteiger partial charge < -0.3 is 10.2 Å².